The van der Waals surface area contributed by atoms with Crippen LogP contribution in [0.5, 0.6) is 0 Å². The largest absolute Gasteiger partial charge is 0.451 e. The van der Waals surface area contributed by atoms with Gasteiger partial charge in [0.2, 0.25) is 5.91 Å². The smallest absolute Gasteiger partial charge is 0.348 e. The predicted octanol–water partition coefficient (Wildman–Crippen LogP) is 2.41. The van der Waals surface area contributed by atoms with Gasteiger partial charge in [-0.3, -0.25) is 9.59 Å². The standard InChI is InChI=1S/C21H22N2O4S/c1-23(11-18(24)22-15-8-9-15)19(25)12-27-21(26)17-10-14-7-6-13-4-2-3-5-16(13)20(14)28-17/h2-5,10,15H,6-9,11-12H2,1H3,(H,22,24). The first-order chi connectivity index (χ1) is 13.5. The number of fused-ring (bicyclic) bond motifs is 3. The fraction of sp³-hybridized carbons (Fsp3) is 0.381. The Labute approximate surface area is 167 Å². The molecule has 1 aromatic heterocycles. The highest BCUT2D eigenvalue weighted by molar-refractivity contribution is 7.17. The minimum absolute atomic E-state index is 0.0308. The van der Waals surface area contributed by atoms with Crippen molar-refractivity contribution >= 4 is 29.1 Å². The molecule has 0 radical (unpaired) electrons. The molecule has 2 aromatic rings. The van der Waals surface area contributed by atoms with E-state index in [0.29, 0.717) is 4.88 Å². The molecule has 0 unspecified atom stereocenters. The summed E-state index contributed by atoms with van der Waals surface area (Å²) in [4.78, 5) is 39.2. The van der Waals surface area contributed by atoms with E-state index in [0.717, 1.165) is 36.1 Å². The van der Waals surface area contributed by atoms with Gasteiger partial charge in [-0.25, -0.2) is 4.79 Å². The van der Waals surface area contributed by atoms with Crippen molar-refractivity contribution in [3.8, 4) is 10.4 Å². The number of hydrogen-bond donors (Lipinski definition) is 1. The van der Waals surface area contributed by atoms with Crippen molar-refractivity contribution in [3.05, 3.63) is 46.3 Å². The zero-order chi connectivity index (χ0) is 19.7. The minimum Gasteiger partial charge on any atom is -0.451 e. The van der Waals surface area contributed by atoms with E-state index in [1.807, 2.05) is 18.2 Å². The van der Waals surface area contributed by atoms with Crippen molar-refractivity contribution in [2.45, 2.75) is 31.7 Å². The second-order valence-electron chi connectivity index (χ2n) is 7.29. The van der Waals surface area contributed by atoms with E-state index < -0.39 is 11.9 Å². The molecular weight excluding hydrogens is 376 g/mol. The number of carbonyl (C=O) groups is 3. The summed E-state index contributed by atoms with van der Waals surface area (Å²) in [7, 11) is 1.53. The van der Waals surface area contributed by atoms with Crippen molar-refractivity contribution in [1.29, 1.82) is 0 Å². The minimum atomic E-state index is -0.499. The lowest BCUT2D eigenvalue weighted by molar-refractivity contribution is -0.137. The van der Waals surface area contributed by atoms with Gasteiger partial charge in [-0.15, -0.1) is 11.3 Å². The molecule has 0 spiro atoms. The average Bonchev–Trinajstić information content (AvgIpc) is 3.38. The Hall–Kier alpha value is -2.67. The van der Waals surface area contributed by atoms with Gasteiger partial charge in [0.1, 0.15) is 4.88 Å². The highest BCUT2D eigenvalue weighted by atomic mass is 32.1. The third-order valence-corrected chi connectivity index (χ3v) is 6.20. The quantitative estimate of drug-likeness (QED) is 0.759. The van der Waals surface area contributed by atoms with Crippen molar-refractivity contribution < 1.29 is 19.1 Å². The van der Waals surface area contributed by atoms with Crippen molar-refractivity contribution in [2.24, 2.45) is 0 Å². The molecule has 1 fully saturated rings. The Morgan fingerprint density at radius 1 is 1.18 bits per heavy atom. The molecule has 7 heteroatoms. The van der Waals surface area contributed by atoms with Crippen LogP contribution in [0.4, 0.5) is 0 Å². The summed E-state index contributed by atoms with van der Waals surface area (Å²) in [6.07, 6.45) is 3.85. The normalized spacial score (nSPS) is 14.6. The van der Waals surface area contributed by atoms with Gasteiger partial charge in [0.05, 0.1) is 6.54 Å². The number of rotatable bonds is 6. The van der Waals surface area contributed by atoms with Gasteiger partial charge < -0.3 is 15.0 Å². The predicted molar refractivity (Wildman–Crippen MR) is 106 cm³/mol. The lowest BCUT2D eigenvalue weighted by Crippen LogP contribution is -2.40. The van der Waals surface area contributed by atoms with Crippen LogP contribution in [0.3, 0.4) is 0 Å². The molecule has 1 saturated carbocycles. The van der Waals surface area contributed by atoms with Gasteiger partial charge in [-0.05, 0) is 48.4 Å². The van der Waals surface area contributed by atoms with Crippen molar-refractivity contribution in [2.75, 3.05) is 20.2 Å². The van der Waals surface area contributed by atoms with E-state index >= 15 is 0 Å². The van der Waals surface area contributed by atoms with Gasteiger partial charge >= 0.3 is 5.97 Å². The molecule has 0 aliphatic heterocycles. The monoisotopic (exact) mass is 398 g/mol. The number of thiophene rings is 1. The molecular formula is C21H22N2O4S. The van der Waals surface area contributed by atoms with Crippen LogP contribution in [0.15, 0.2) is 30.3 Å². The number of carbonyl (C=O) groups excluding carboxylic acids is 3. The van der Waals surface area contributed by atoms with E-state index in [2.05, 4.69) is 17.4 Å². The summed E-state index contributed by atoms with van der Waals surface area (Å²) in [5.41, 5.74) is 3.61. The molecule has 6 nitrogen and oxygen atoms in total. The van der Waals surface area contributed by atoms with Crippen LogP contribution in [0.1, 0.15) is 33.6 Å². The lowest BCUT2D eigenvalue weighted by atomic mass is 9.91. The Bertz CT molecular complexity index is 932. The third kappa shape index (κ3) is 4.09. The van der Waals surface area contributed by atoms with Crippen LogP contribution < -0.4 is 5.32 Å². The Balaban J connectivity index is 1.34. The molecule has 28 heavy (non-hydrogen) atoms. The van der Waals surface area contributed by atoms with Gasteiger partial charge in [-0.2, -0.15) is 0 Å². The molecule has 146 valence electrons. The van der Waals surface area contributed by atoms with E-state index in [4.69, 9.17) is 4.74 Å². The molecule has 0 saturated heterocycles. The van der Waals surface area contributed by atoms with Crippen LogP contribution in [0, 0.1) is 0 Å². The second-order valence-corrected chi connectivity index (χ2v) is 8.34. The zero-order valence-corrected chi connectivity index (χ0v) is 16.5. The number of nitrogens with one attached hydrogen (secondary N) is 1. The fourth-order valence-electron chi connectivity index (χ4n) is 3.29. The van der Waals surface area contributed by atoms with Crippen LogP contribution in [-0.2, 0) is 27.2 Å². The first kappa shape index (κ1) is 18.7. The van der Waals surface area contributed by atoms with Crippen molar-refractivity contribution in [3.63, 3.8) is 0 Å². The highest BCUT2D eigenvalue weighted by Crippen LogP contribution is 2.39. The number of likely N-dealkylation sites (N-methyl/N-ethyl adjacent to an activating group) is 1. The number of hydrogen-bond acceptors (Lipinski definition) is 5. The van der Waals surface area contributed by atoms with Crippen LogP contribution in [-0.4, -0.2) is 48.9 Å². The molecule has 2 aliphatic carbocycles. The number of aryl methyl sites for hydroxylation is 2. The summed E-state index contributed by atoms with van der Waals surface area (Å²) < 4.78 is 5.20. The van der Waals surface area contributed by atoms with Crippen LogP contribution in [0.25, 0.3) is 10.4 Å². The Morgan fingerprint density at radius 3 is 2.71 bits per heavy atom. The third-order valence-electron chi connectivity index (χ3n) is 5.01. The first-order valence-corrected chi connectivity index (χ1v) is 10.2. The molecule has 1 aromatic carbocycles. The number of benzene rings is 1. The molecule has 0 atom stereocenters. The van der Waals surface area contributed by atoms with Gasteiger partial charge in [0, 0.05) is 18.0 Å². The zero-order valence-electron chi connectivity index (χ0n) is 15.7. The molecule has 0 bridgehead atoms. The number of amides is 2. The molecule has 1 N–H and O–H groups in total. The van der Waals surface area contributed by atoms with Gasteiger partial charge in [0.25, 0.3) is 5.91 Å². The number of nitrogens with zero attached hydrogens (tertiary/aromatic N) is 1. The first-order valence-electron chi connectivity index (χ1n) is 9.42. The lowest BCUT2D eigenvalue weighted by Gasteiger charge is -2.16. The molecule has 2 amide bonds. The number of ether oxygens (including phenoxy) is 1. The molecule has 4 rings (SSSR count). The summed E-state index contributed by atoms with van der Waals surface area (Å²) in [6.45, 7) is -0.401. The second kappa shape index (κ2) is 7.75. The maximum atomic E-state index is 12.4. The molecule has 1 heterocycles. The maximum absolute atomic E-state index is 12.4. The summed E-state index contributed by atoms with van der Waals surface area (Å²) in [5, 5.41) is 2.83. The van der Waals surface area contributed by atoms with Gasteiger partial charge in [0.15, 0.2) is 6.61 Å². The number of esters is 1. The highest BCUT2D eigenvalue weighted by Gasteiger charge is 2.25. The van der Waals surface area contributed by atoms with Crippen LogP contribution >= 0.6 is 11.3 Å². The van der Waals surface area contributed by atoms with E-state index in [1.54, 1.807) is 0 Å². The van der Waals surface area contributed by atoms with Gasteiger partial charge in [-0.1, -0.05) is 24.3 Å². The average molecular weight is 398 g/mol. The Morgan fingerprint density at radius 2 is 1.93 bits per heavy atom. The Kier molecular flexibility index (Phi) is 5.17. The van der Waals surface area contributed by atoms with E-state index in [-0.39, 0.29) is 25.1 Å². The SMILES string of the molecule is CN(CC(=O)NC1CC1)C(=O)COC(=O)c1cc2c(s1)-c1ccccc1CC2. The summed E-state index contributed by atoms with van der Waals surface area (Å²) >= 11 is 1.41. The molecule has 2 aliphatic rings. The van der Waals surface area contributed by atoms with E-state index in [9.17, 15) is 14.4 Å². The fourth-order valence-corrected chi connectivity index (χ4v) is 4.45. The van der Waals surface area contributed by atoms with Crippen molar-refractivity contribution in [1.82, 2.24) is 10.2 Å². The maximum Gasteiger partial charge on any atom is 0.348 e. The summed E-state index contributed by atoms with van der Waals surface area (Å²) in [6, 6.07) is 10.3. The van der Waals surface area contributed by atoms with Crippen LogP contribution in [0.2, 0.25) is 0 Å². The topological polar surface area (TPSA) is 75.7 Å². The van der Waals surface area contributed by atoms with E-state index in [1.165, 1.54) is 34.4 Å². The summed E-state index contributed by atoms with van der Waals surface area (Å²) in [5.74, 6) is -1.08.